The Kier molecular flexibility index (Phi) is 4.12. The first-order chi connectivity index (χ1) is 6.76. The van der Waals surface area contributed by atoms with Crippen LogP contribution < -0.4 is 15.2 Å². The van der Waals surface area contributed by atoms with Crippen molar-refractivity contribution >= 4 is 0 Å². The van der Waals surface area contributed by atoms with Gasteiger partial charge in [0.05, 0.1) is 12.7 Å². The van der Waals surface area contributed by atoms with Gasteiger partial charge in [-0.1, -0.05) is 0 Å². The lowest BCUT2D eigenvalue weighted by Gasteiger charge is -2.06. The predicted molar refractivity (Wildman–Crippen MR) is 52.5 cm³/mol. The first-order valence-electron chi connectivity index (χ1n) is 4.57. The summed E-state index contributed by atoms with van der Waals surface area (Å²) in [4.78, 5) is 8.17. The van der Waals surface area contributed by atoms with Gasteiger partial charge < -0.3 is 15.2 Å². The number of hydrogen-bond donors (Lipinski definition) is 1. The molecule has 0 spiro atoms. The summed E-state index contributed by atoms with van der Waals surface area (Å²) in [6.07, 6.45) is 0. The highest BCUT2D eigenvalue weighted by Gasteiger charge is 2.02. The lowest BCUT2D eigenvalue weighted by atomic mass is 10.5. The first-order valence-corrected chi connectivity index (χ1v) is 4.57. The van der Waals surface area contributed by atoms with Gasteiger partial charge in [0.15, 0.2) is 0 Å². The molecule has 1 rings (SSSR count). The van der Waals surface area contributed by atoms with E-state index in [-0.39, 0.29) is 0 Å². The second-order valence-electron chi connectivity index (χ2n) is 2.66. The average Bonchev–Trinajstić information content (AvgIpc) is 2.14. The third-order valence-corrected chi connectivity index (χ3v) is 1.45. The Hall–Kier alpha value is -1.36. The van der Waals surface area contributed by atoms with Crippen LogP contribution in [0, 0.1) is 6.92 Å². The van der Waals surface area contributed by atoms with Crippen LogP contribution in [0.1, 0.15) is 12.7 Å². The Morgan fingerprint density at radius 3 is 2.50 bits per heavy atom. The highest BCUT2D eigenvalue weighted by molar-refractivity contribution is 5.20. The summed E-state index contributed by atoms with van der Waals surface area (Å²) in [5.74, 6) is 1.67. The molecule has 0 aliphatic rings. The minimum atomic E-state index is 0.446. The third-order valence-electron chi connectivity index (χ3n) is 1.45. The number of rotatable bonds is 5. The van der Waals surface area contributed by atoms with E-state index in [1.807, 2.05) is 6.92 Å². The van der Waals surface area contributed by atoms with Crippen LogP contribution in [-0.4, -0.2) is 29.7 Å². The molecule has 0 unspecified atom stereocenters. The van der Waals surface area contributed by atoms with Crippen molar-refractivity contribution in [2.75, 3.05) is 19.8 Å². The monoisotopic (exact) mass is 197 g/mol. The first kappa shape index (κ1) is 10.7. The molecule has 78 valence electrons. The average molecular weight is 197 g/mol. The molecule has 14 heavy (non-hydrogen) atoms. The minimum Gasteiger partial charge on any atom is -0.478 e. The molecule has 0 radical (unpaired) electrons. The maximum atomic E-state index is 5.31. The summed E-state index contributed by atoms with van der Waals surface area (Å²) >= 11 is 0. The van der Waals surface area contributed by atoms with Crippen LogP contribution in [0.3, 0.4) is 0 Å². The number of aryl methyl sites for hydroxylation is 1. The molecule has 2 N–H and O–H groups in total. The van der Waals surface area contributed by atoms with Crippen molar-refractivity contribution in [1.29, 1.82) is 0 Å². The summed E-state index contributed by atoms with van der Waals surface area (Å²) in [5.41, 5.74) is 5.31. The molecule has 0 atom stereocenters. The Labute approximate surface area is 83.3 Å². The SMILES string of the molecule is CCOc1cc(OCCN)nc(C)n1. The normalized spacial score (nSPS) is 9.93. The van der Waals surface area contributed by atoms with Crippen LogP contribution in [0.15, 0.2) is 6.07 Å². The fraction of sp³-hybridized carbons (Fsp3) is 0.556. The number of aromatic nitrogens is 2. The minimum absolute atomic E-state index is 0.446. The van der Waals surface area contributed by atoms with E-state index in [1.54, 1.807) is 13.0 Å². The smallest absolute Gasteiger partial charge is 0.220 e. The molecular formula is C9H15N3O2. The lowest BCUT2D eigenvalue weighted by Crippen LogP contribution is -2.12. The van der Waals surface area contributed by atoms with Gasteiger partial charge in [0, 0.05) is 6.54 Å². The second kappa shape index (κ2) is 5.39. The highest BCUT2D eigenvalue weighted by Crippen LogP contribution is 2.14. The van der Waals surface area contributed by atoms with Gasteiger partial charge in [0.1, 0.15) is 12.4 Å². The molecule has 0 saturated carbocycles. The molecule has 0 amide bonds. The standard InChI is InChI=1S/C9H15N3O2/c1-3-13-8-6-9(14-5-4-10)12-7(2)11-8/h6H,3-5,10H2,1-2H3. The van der Waals surface area contributed by atoms with Crippen molar-refractivity contribution in [3.8, 4) is 11.8 Å². The quantitative estimate of drug-likeness (QED) is 0.745. The van der Waals surface area contributed by atoms with E-state index in [9.17, 15) is 0 Å². The zero-order valence-corrected chi connectivity index (χ0v) is 8.49. The van der Waals surface area contributed by atoms with Crippen LogP contribution in [0.2, 0.25) is 0 Å². The maximum absolute atomic E-state index is 5.31. The molecule has 5 heteroatoms. The summed E-state index contributed by atoms with van der Waals surface area (Å²) in [5, 5.41) is 0. The van der Waals surface area contributed by atoms with Crippen LogP contribution in [0.4, 0.5) is 0 Å². The lowest BCUT2D eigenvalue weighted by molar-refractivity contribution is 0.298. The van der Waals surface area contributed by atoms with Crippen molar-refractivity contribution in [1.82, 2.24) is 9.97 Å². The maximum Gasteiger partial charge on any atom is 0.220 e. The van der Waals surface area contributed by atoms with Crippen molar-refractivity contribution in [3.63, 3.8) is 0 Å². The molecule has 1 heterocycles. The fourth-order valence-electron chi connectivity index (χ4n) is 0.973. The molecule has 5 nitrogen and oxygen atoms in total. The van der Waals surface area contributed by atoms with E-state index in [0.29, 0.717) is 37.3 Å². The molecule has 0 saturated heterocycles. The molecule has 0 aromatic carbocycles. The number of hydrogen-bond acceptors (Lipinski definition) is 5. The highest BCUT2D eigenvalue weighted by atomic mass is 16.5. The number of nitrogens with zero attached hydrogens (tertiary/aromatic N) is 2. The largest absolute Gasteiger partial charge is 0.478 e. The van der Waals surface area contributed by atoms with Crippen LogP contribution in [0.5, 0.6) is 11.8 Å². The van der Waals surface area contributed by atoms with Crippen molar-refractivity contribution < 1.29 is 9.47 Å². The van der Waals surface area contributed by atoms with Crippen LogP contribution in [-0.2, 0) is 0 Å². The van der Waals surface area contributed by atoms with Gasteiger partial charge in [-0.3, -0.25) is 0 Å². The second-order valence-corrected chi connectivity index (χ2v) is 2.66. The van der Waals surface area contributed by atoms with Gasteiger partial charge in [-0.05, 0) is 13.8 Å². The fourth-order valence-corrected chi connectivity index (χ4v) is 0.973. The van der Waals surface area contributed by atoms with Crippen LogP contribution >= 0.6 is 0 Å². The molecular weight excluding hydrogens is 182 g/mol. The van der Waals surface area contributed by atoms with E-state index < -0.39 is 0 Å². The Bertz CT molecular complexity index is 291. The van der Waals surface area contributed by atoms with Gasteiger partial charge in [-0.2, -0.15) is 9.97 Å². The Morgan fingerprint density at radius 2 is 1.93 bits per heavy atom. The van der Waals surface area contributed by atoms with Crippen molar-refractivity contribution in [2.45, 2.75) is 13.8 Å². The zero-order valence-electron chi connectivity index (χ0n) is 8.49. The Morgan fingerprint density at radius 1 is 1.29 bits per heavy atom. The summed E-state index contributed by atoms with van der Waals surface area (Å²) in [6.45, 7) is 5.18. The van der Waals surface area contributed by atoms with Gasteiger partial charge in [-0.15, -0.1) is 0 Å². The van der Waals surface area contributed by atoms with E-state index in [0.717, 1.165) is 0 Å². The number of ether oxygens (including phenoxy) is 2. The van der Waals surface area contributed by atoms with Crippen molar-refractivity contribution in [3.05, 3.63) is 11.9 Å². The van der Waals surface area contributed by atoms with Crippen LogP contribution in [0.25, 0.3) is 0 Å². The van der Waals surface area contributed by atoms with Gasteiger partial charge >= 0.3 is 0 Å². The summed E-state index contributed by atoms with van der Waals surface area (Å²) < 4.78 is 10.5. The molecule has 0 bridgehead atoms. The molecule has 0 fully saturated rings. The van der Waals surface area contributed by atoms with Crippen molar-refractivity contribution in [2.24, 2.45) is 5.73 Å². The summed E-state index contributed by atoms with van der Waals surface area (Å²) in [6, 6.07) is 1.66. The zero-order chi connectivity index (χ0) is 10.4. The number of nitrogens with two attached hydrogens (primary N) is 1. The van der Waals surface area contributed by atoms with E-state index >= 15 is 0 Å². The molecule has 1 aromatic heterocycles. The predicted octanol–water partition coefficient (Wildman–Crippen LogP) is 0.521. The van der Waals surface area contributed by atoms with E-state index in [1.165, 1.54) is 0 Å². The van der Waals surface area contributed by atoms with Gasteiger partial charge in [0.2, 0.25) is 11.8 Å². The third kappa shape index (κ3) is 3.18. The molecule has 0 aliphatic carbocycles. The Balaban J connectivity index is 2.73. The van der Waals surface area contributed by atoms with E-state index in [2.05, 4.69) is 9.97 Å². The summed E-state index contributed by atoms with van der Waals surface area (Å²) in [7, 11) is 0. The molecule has 0 aliphatic heterocycles. The van der Waals surface area contributed by atoms with Gasteiger partial charge in [0.25, 0.3) is 0 Å². The topological polar surface area (TPSA) is 70.3 Å². The van der Waals surface area contributed by atoms with E-state index in [4.69, 9.17) is 15.2 Å². The molecule has 1 aromatic rings. The van der Waals surface area contributed by atoms with Gasteiger partial charge in [-0.25, -0.2) is 0 Å².